The van der Waals surface area contributed by atoms with Crippen molar-refractivity contribution < 1.29 is 19.1 Å². The van der Waals surface area contributed by atoms with Gasteiger partial charge in [-0.2, -0.15) is 0 Å². The molecule has 0 saturated carbocycles. The van der Waals surface area contributed by atoms with Crippen LogP contribution in [0, 0.1) is 5.92 Å². The maximum absolute atomic E-state index is 12.4. The lowest BCUT2D eigenvalue weighted by Gasteiger charge is -2.34. The average Bonchev–Trinajstić information content (AvgIpc) is 2.72. The summed E-state index contributed by atoms with van der Waals surface area (Å²) in [6.45, 7) is 7.07. The lowest BCUT2D eigenvalue weighted by Crippen LogP contribution is -2.51. The molecular weight excluding hydrogens is 372 g/mol. The Bertz CT molecular complexity index is 673. The Balaban J connectivity index is 1.64. The van der Waals surface area contributed by atoms with Crippen molar-refractivity contribution in [1.29, 1.82) is 0 Å². The van der Waals surface area contributed by atoms with Crippen LogP contribution in [0.4, 0.5) is 9.59 Å². The first kappa shape index (κ1) is 22.5. The zero-order chi connectivity index (χ0) is 21.2. The second-order valence-corrected chi connectivity index (χ2v) is 7.66. The fourth-order valence-corrected chi connectivity index (χ4v) is 2.97. The van der Waals surface area contributed by atoms with E-state index in [1.807, 2.05) is 44.2 Å². The Morgan fingerprint density at radius 1 is 1.07 bits per heavy atom. The number of hydrogen-bond acceptors (Lipinski definition) is 4. The summed E-state index contributed by atoms with van der Waals surface area (Å²) in [5, 5.41) is 2.78. The summed E-state index contributed by atoms with van der Waals surface area (Å²) in [5.41, 5.74) is 1.05. The summed E-state index contributed by atoms with van der Waals surface area (Å²) >= 11 is 0. The summed E-state index contributed by atoms with van der Waals surface area (Å²) in [6, 6.07) is 9.52. The minimum Gasteiger partial charge on any atom is -0.449 e. The molecule has 1 N–H and O–H groups in total. The van der Waals surface area contributed by atoms with Gasteiger partial charge in [0.2, 0.25) is 5.91 Å². The molecule has 8 nitrogen and oxygen atoms in total. The number of piperazine rings is 1. The van der Waals surface area contributed by atoms with Gasteiger partial charge in [-0.3, -0.25) is 4.79 Å². The highest BCUT2D eigenvalue weighted by molar-refractivity contribution is 5.78. The van der Waals surface area contributed by atoms with E-state index >= 15 is 0 Å². The summed E-state index contributed by atoms with van der Waals surface area (Å²) in [4.78, 5) is 41.4. The molecule has 1 heterocycles. The molecule has 0 aromatic heterocycles. The van der Waals surface area contributed by atoms with Crippen LogP contribution in [0.25, 0.3) is 0 Å². The maximum Gasteiger partial charge on any atom is 0.409 e. The van der Waals surface area contributed by atoms with Crippen molar-refractivity contribution in [3.8, 4) is 0 Å². The molecule has 160 valence electrons. The van der Waals surface area contributed by atoms with Crippen LogP contribution < -0.4 is 5.32 Å². The first-order valence-electron chi connectivity index (χ1n) is 10.1. The van der Waals surface area contributed by atoms with Crippen molar-refractivity contribution in [1.82, 2.24) is 20.0 Å². The molecule has 0 bridgehead atoms. The standard InChI is InChI=1S/C21H32N4O4/c1-17(2)16-29-21(28)25-13-11-24(12-14-25)19(26)9-10-22-20(27)23(3)15-18-7-5-4-6-8-18/h4-8,17H,9-16H2,1-3H3,(H,22,27). The lowest BCUT2D eigenvalue weighted by molar-refractivity contribution is -0.132. The van der Waals surface area contributed by atoms with Gasteiger partial charge in [0.1, 0.15) is 0 Å². The van der Waals surface area contributed by atoms with E-state index in [-0.39, 0.29) is 31.0 Å². The van der Waals surface area contributed by atoms with Crippen molar-refractivity contribution in [2.24, 2.45) is 5.92 Å². The highest BCUT2D eigenvalue weighted by Gasteiger charge is 2.25. The van der Waals surface area contributed by atoms with Crippen LogP contribution in [0.5, 0.6) is 0 Å². The predicted molar refractivity (Wildman–Crippen MR) is 110 cm³/mol. The van der Waals surface area contributed by atoms with E-state index in [0.717, 1.165) is 5.56 Å². The van der Waals surface area contributed by atoms with Crippen LogP contribution in [0.1, 0.15) is 25.8 Å². The zero-order valence-electron chi connectivity index (χ0n) is 17.6. The largest absolute Gasteiger partial charge is 0.449 e. The smallest absolute Gasteiger partial charge is 0.409 e. The molecule has 0 unspecified atom stereocenters. The molecule has 1 fully saturated rings. The Morgan fingerprint density at radius 2 is 1.69 bits per heavy atom. The highest BCUT2D eigenvalue weighted by atomic mass is 16.6. The number of nitrogens with one attached hydrogen (secondary N) is 1. The van der Waals surface area contributed by atoms with Crippen molar-refractivity contribution in [2.75, 3.05) is 46.4 Å². The minimum absolute atomic E-state index is 0.0220. The first-order valence-corrected chi connectivity index (χ1v) is 10.1. The molecule has 1 aliphatic rings. The Labute approximate surface area is 172 Å². The van der Waals surface area contributed by atoms with Crippen LogP contribution in [-0.2, 0) is 16.1 Å². The highest BCUT2D eigenvalue weighted by Crippen LogP contribution is 2.07. The second-order valence-electron chi connectivity index (χ2n) is 7.66. The van der Waals surface area contributed by atoms with Crippen molar-refractivity contribution in [2.45, 2.75) is 26.8 Å². The quantitative estimate of drug-likeness (QED) is 0.755. The van der Waals surface area contributed by atoms with Gasteiger partial charge in [-0.15, -0.1) is 0 Å². The molecule has 0 radical (unpaired) electrons. The third-order valence-electron chi connectivity index (χ3n) is 4.66. The fraction of sp³-hybridized carbons (Fsp3) is 0.571. The lowest BCUT2D eigenvalue weighted by atomic mass is 10.2. The molecular formula is C21H32N4O4. The van der Waals surface area contributed by atoms with E-state index in [2.05, 4.69) is 5.32 Å². The van der Waals surface area contributed by atoms with Crippen LogP contribution in [-0.4, -0.2) is 79.1 Å². The van der Waals surface area contributed by atoms with Gasteiger partial charge < -0.3 is 24.8 Å². The molecule has 1 aromatic rings. The van der Waals surface area contributed by atoms with E-state index in [1.54, 1.807) is 21.7 Å². The number of ether oxygens (including phenoxy) is 1. The molecule has 8 heteroatoms. The number of hydrogen-bond donors (Lipinski definition) is 1. The molecule has 1 aromatic carbocycles. The molecule has 29 heavy (non-hydrogen) atoms. The summed E-state index contributed by atoms with van der Waals surface area (Å²) in [5.74, 6) is 0.273. The molecule has 1 saturated heterocycles. The molecule has 2 rings (SSSR count). The molecule has 0 aliphatic carbocycles. The number of urea groups is 1. The number of nitrogens with zero attached hydrogens (tertiary/aromatic N) is 3. The minimum atomic E-state index is -0.320. The average molecular weight is 405 g/mol. The summed E-state index contributed by atoms with van der Waals surface area (Å²) in [6.07, 6.45) is -0.0811. The van der Waals surface area contributed by atoms with Gasteiger partial charge in [0.25, 0.3) is 0 Å². The molecule has 4 amide bonds. The molecule has 0 spiro atoms. The van der Waals surface area contributed by atoms with Crippen LogP contribution in [0.2, 0.25) is 0 Å². The predicted octanol–water partition coefficient (Wildman–Crippen LogP) is 2.15. The number of benzene rings is 1. The van der Waals surface area contributed by atoms with Crippen molar-refractivity contribution in [3.05, 3.63) is 35.9 Å². The topological polar surface area (TPSA) is 82.2 Å². The molecule has 0 atom stereocenters. The summed E-state index contributed by atoms with van der Waals surface area (Å²) < 4.78 is 5.23. The normalized spacial score (nSPS) is 13.9. The first-order chi connectivity index (χ1) is 13.9. The van der Waals surface area contributed by atoms with Crippen LogP contribution in [0.3, 0.4) is 0 Å². The number of amides is 4. The van der Waals surface area contributed by atoms with Gasteiger partial charge in [-0.05, 0) is 11.5 Å². The van der Waals surface area contributed by atoms with Gasteiger partial charge in [0.15, 0.2) is 0 Å². The SMILES string of the molecule is CC(C)COC(=O)N1CCN(C(=O)CCNC(=O)N(C)Cc2ccccc2)CC1. The number of carbonyl (C=O) groups excluding carboxylic acids is 3. The maximum atomic E-state index is 12.4. The van der Waals surface area contributed by atoms with E-state index in [4.69, 9.17) is 4.74 Å². The second kappa shape index (κ2) is 11.3. The molecule has 1 aliphatic heterocycles. The van der Waals surface area contributed by atoms with Crippen molar-refractivity contribution >= 4 is 18.0 Å². The van der Waals surface area contributed by atoms with Gasteiger partial charge in [-0.25, -0.2) is 9.59 Å². The third-order valence-corrected chi connectivity index (χ3v) is 4.66. The van der Waals surface area contributed by atoms with Crippen molar-refractivity contribution in [3.63, 3.8) is 0 Å². The number of rotatable bonds is 7. The van der Waals surface area contributed by atoms with Gasteiger partial charge in [0.05, 0.1) is 6.61 Å². The summed E-state index contributed by atoms with van der Waals surface area (Å²) in [7, 11) is 1.72. The van der Waals surface area contributed by atoms with Crippen LogP contribution in [0.15, 0.2) is 30.3 Å². The monoisotopic (exact) mass is 404 g/mol. The van der Waals surface area contributed by atoms with Gasteiger partial charge in [-0.1, -0.05) is 44.2 Å². The Kier molecular flexibility index (Phi) is 8.76. The Hall–Kier alpha value is -2.77. The zero-order valence-corrected chi connectivity index (χ0v) is 17.6. The van der Waals surface area contributed by atoms with E-state index in [0.29, 0.717) is 45.2 Å². The van der Waals surface area contributed by atoms with Crippen LogP contribution >= 0.6 is 0 Å². The fourth-order valence-electron chi connectivity index (χ4n) is 2.97. The van der Waals surface area contributed by atoms with Gasteiger partial charge >= 0.3 is 12.1 Å². The Morgan fingerprint density at radius 3 is 2.31 bits per heavy atom. The van der Waals surface area contributed by atoms with E-state index in [1.165, 1.54) is 0 Å². The van der Waals surface area contributed by atoms with E-state index in [9.17, 15) is 14.4 Å². The third kappa shape index (κ3) is 7.63. The van der Waals surface area contributed by atoms with E-state index < -0.39 is 0 Å². The number of carbonyl (C=O) groups is 3. The van der Waals surface area contributed by atoms with Gasteiger partial charge in [0, 0.05) is 52.7 Å².